The molecule has 0 radical (unpaired) electrons. The topological polar surface area (TPSA) is 43.7 Å². The lowest BCUT2D eigenvalue weighted by molar-refractivity contribution is 0.0292. The lowest BCUT2D eigenvalue weighted by atomic mass is 9.91. The van der Waals surface area contributed by atoms with E-state index in [0.29, 0.717) is 6.42 Å². The van der Waals surface area contributed by atoms with Crippen LogP contribution in [0.5, 0.6) is 0 Å². The van der Waals surface area contributed by atoms with Crippen LogP contribution in [-0.2, 0) is 6.54 Å². The Labute approximate surface area is 125 Å². The van der Waals surface area contributed by atoms with Gasteiger partial charge in [0.25, 0.3) is 0 Å². The van der Waals surface area contributed by atoms with Gasteiger partial charge in [-0.15, -0.1) is 11.3 Å². The van der Waals surface area contributed by atoms with Gasteiger partial charge in [0.2, 0.25) is 0 Å². The highest BCUT2D eigenvalue weighted by Crippen LogP contribution is 2.25. The van der Waals surface area contributed by atoms with Crippen LogP contribution >= 0.6 is 11.3 Å². The second kappa shape index (κ2) is 7.80. The third kappa shape index (κ3) is 4.32. The van der Waals surface area contributed by atoms with Crippen LogP contribution < -0.4 is 0 Å². The number of nitrogens with zero attached hydrogens (tertiary/aromatic N) is 1. The maximum Gasteiger partial charge on any atom is 0.0771 e. The molecule has 2 rings (SSSR count). The highest BCUT2D eigenvalue weighted by atomic mass is 32.1. The lowest BCUT2D eigenvalue weighted by Crippen LogP contribution is -2.42. The van der Waals surface area contributed by atoms with E-state index in [4.69, 9.17) is 5.11 Å². The molecule has 3 nitrogen and oxygen atoms in total. The molecule has 1 aliphatic carbocycles. The molecule has 1 saturated carbocycles. The van der Waals surface area contributed by atoms with E-state index in [1.807, 2.05) is 6.07 Å². The molecule has 2 unspecified atom stereocenters. The monoisotopic (exact) mass is 293 g/mol. The van der Waals surface area contributed by atoms with E-state index in [9.17, 15) is 5.11 Å². The number of thiophene rings is 1. The molecule has 0 amide bonds. The van der Waals surface area contributed by atoms with E-state index in [-0.39, 0.29) is 18.8 Å². The first-order valence-corrected chi connectivity index (χ1v) is 8.09. The van der Waals surface area contributed by atoms with Crippen LogP contribution in [0.4, 0.5) is 0 Å². The van der Waals surface area contributed by atoms with Gasteiger partial charge in [-0.25, -0.2) is 0 Å². The molecule has 1 aromatic rings. The Balaban J connectivity index is 1.91. The van der Waals surface area contributed by atoms with Gasteiger partial charge in [-0.05, 0) is 32.0 Å². The van der Waals surface area contributed by atoms with Gasteiger partial charge in [-0.1, -0.05) is 24.7 Å². The number of hydrogen-bond donors (Lipinski definition) is 2. The van der Waals surface area contributed by atoms with Gasteiger partial charge < -0.3 is 10.2 Å². The molecule has 1 aromatic heterocycles. The highest BCUT2D eigenvalue weighted by molar-refractivity contribution is 7.12. The van der Waals surface area contributed by atoms with Crippen LogP contribution in [0.2, 0.25) is 0 Å². The quantitative estimate of drug-likeness (QED) is 0.837. The molecule has 20 heavy (non-hydrogen) atoms. The highest BCUT2D eigenvalue weighted by Gasteiger charge is 2.26. The van der Waals surface area contributed by atoms with Crippen molar-refractivity contribution in [2.45, 2.75) is 50.8 Å². The standard InChI is InChI=1S/C16H23NO2S/c1-17(15-7-2-3-8-16(15)19)12-14-10-9-13(20-14)6-4-5-11-18/h9-10,15-16,18-19H,2-3,5,7-8,11-12H2,1H3. The van der Waals surface area contributed by atoms with Gasteiger partial charge in [-0.2, -0.15) is 0 Å². The summed E-state index contributed by atoms with van der Waals surface area (Å²) in [5.41, 5.74) is 0. The summed E-state index contributed by atoms with van der Waals surface area (Å²) in [6.45, 7) is 0.988. The van der Waals surface area contributed by atoms with Crippen LogP contribution in [0.1, 0.15) is 41.9 Å². The molecule has 2 atom stereocenters. The second-order valence-electron chi connectivity index (χ2n) is 5.38. The first kappa shape index (κ1) is 15.5. The summed E-state index contributed by atoms with van der Waals surface area (Å²) in [5, 5.41) is 18.8. The summed E-state index contributed by atoms with van der Waals surface area (Å²) < 4.78 is 0. The molecule has 1 fully saturated rings. The Morgan fingerprint density at radius 1 is 1.35 bits per heavy atom. The van der Waals surface area contributed by atoms with Crippen molar-refractivity contribution in [2.75, 3.05) is 13.7 Å². The zero-order valence-corrected chi connectivity index (χ0v) is 12.8. The predicted octanol–water partition coefficient (Wildman–Crippen LogP) is 2.22. The fourth-order valence-corrected chi connectivity index (χ4v) is 3.65. The van der Waals surface area contributed by atoms with Crippen molar-refractivity contribution in [1.29, 1.82) is 0 Å². The number of hydrogen-bond acceptors (Lipinski definition) is 4. The second-order valence-corrected chi connectivity index (χ2v) is 6.54. The molecule has 110 valence electrons. The molecular formula is C16H23NO2S. The summed E-state index contributed by atoms with van der Waals surface area (Å²) in [6, 6.07) is 4.43. The van der Waals surface area contributed by atoms with Crippen LogP contribution in [-0.4, -0.2) is 40.9 Å². The van der Waals surface area contributed by atoms with Gasteiger partial charge in [0, 0.05) is 23.9 Å². The molecule has 0 aliphatic heterocycles. The van der Waals surface area contributed by atoms with Gasteiger partial charge in [0.1, 0.15) is 0 Å². The lowest BCUT2D eigenvalue weighted by Gasteiger charge is -2.34. The molecule has 0 aromatic carbocycles. The van der Waals surface area contributed by atoms with Crippen LogP contribution in [0.25, 0.3) is 0 Å². The van der Waals surface area contributed by atoms with Crippen molar-refractivity contribution >= 4 is 11.3 Å². The summed E-state index contributed by atoms with van der Waals surface area (Å²) in [6.07, 6.45) is 4.73. The normalized spacial score (nSPS) is 22.6. The molecule has 2 N–H and O–H groups in total. The smallest absolute Gasteiger partial charge is 0.0771 e. The van der Waals surface area contributed by atoms with Gasteiger partial charge in [0.05, 0.1) is 17.6 Å². The van der Waals surface area contributed by atoms with Crippen molar-refractivity contribution in [1.82, 2.24) is 4.90 Å². The Morgan fingerprint density at radius 3 is 2.90 bits per heavy atom. The predicted molar refractivity (Wildman–Crippen MR) is 82.6 cm³/mol. The van der Waals surface area contributed by atoms with Crippen LogP contribution in [0.15, 0.2) is 12.1 Å². The molecule has 0 spiro atoms. The maximum absolute atomic E-state index is 10.1. The minimum atomic E-state index is -0.183. The minimum Gasteiger partial charge on any atom is -0.395 e. The first-order valence-electron chi connectivity index (χ1n) is 7.27. The molecule has 4 heteroatoms. The Hall–Kier alpha value is -0.860. The first-order chi connectivity index (χ1) is 9.70. The summed E-state index contributed by atoms with van der Waals surface area (Å²) in [5.74, 6) is 6.01. The molecule has 1 heterocycles. The maximum atomic E-state index is 10.1. The van der Waals surface area contributed by atoms with Gasteiger partial charge in [0.15, 0.2) is 0 Å². The average molecular weight is 293 g/mol. The largest absolute Gasteiger partial charge is 0.395 e. The number of likely N-dealkylation sites (N-methyl/N-ethyl adjacent to an activating group) is 1. The van der Waals surface area contributed by atoms with Crippen LogP contribution in [0.3, 0.4) is 0 Å². The van der Waals surface area contributed by atoms with Gasteiger partial charge in [-0.3, -0.25) is 4.90 Å². The molecule has 0 saturated heterocycles. The van der Waals surface area contributed by atoms with E-state index in [2.05, 4.69) is 29.9 Å². The zero-order valence-electron chi connectivity index (χ0n) is 12.0. The van der Waals surface area contributed by atoms with E-state index in [1.54, 1.807) is 11.3 Å². The minimum absolute atomic E-state index is 0.119. The van der Waals surface area contributed by atoms with E-state index in [1.165, 1.54) is 11.3 Å². The average Bonchev–Trinajstić information content (AvgIpc) is 2.87. The third-order valence-corrected chi connectivity index (χ3v) is 4.76. The zero-order chi connectivity index (χ0) is 14.4. The van der Waals surface area contributed by atoms with Crippen molar-refractivity contribution in [3.8, 4) is 11.8 Å². The van der Waals surface area contributed by atoms with Crippen molar-refractivity contribution < 1.29 is 10.2 Å². The summed E-state index contributed by atoms with van der Waals surface area (Å²) in [7, 11) is 2.09. The van der Waals surface area contributed by atoms with E-state index >= 15 is 0 Å². The number of aliphatic hydroxyl groups is 2. The van der Waals surface area contributed by atoms with Crippen molar-refractivity contribution in [3.05, 3.63) is 21.9 Å². The van der Waals surface area contributed by atoms with Crippen molar-refractivity contribution in [2.24, 2.45) is 0 Å². The summed E-state index contributed by atoms with van der Waals surface area (Å²) in [4.78, 5) is 4.59. The van der Waals surface area contributed by atoms with Gasteiger partial charge >= 0.3 is 0 Å². The Kier molecular flexibility index (Phi) is 6.06. The molecule has 0 bridgehead atoms. The Morgan fingerprint density at radius 2 is 2.15 bits per heavy atom. The van der Waals surface area contributed by atoms with E-state index in [0.717, 1.165) is 30.7 Å². The molecular weight excluding hydrogens is 270 g/mol. The van der Waals surface area contributed by atoms with Crippen molar-refractivity contribution in [3.63, 3.8) is 0 Å². The third-order valence-electron chi connectivity index (χ3n) is 3.78. The van der Waals surface area contributed by atoms with E-state index < -0.39 is 0 Å². The fraction of sp³-hybridized carbons (Fsp3) is 0.625. The Bertz CT molecular complexity index is 474. The fourth-order valence-electron chi connectivity index (χ4n) is 2.70. The number of rotatable bonds is 4. The SMILES string of the molecule is CN(Cc1ccc(C#CCCO)s1)C1CCCCC1O. The molecule has 1 aliphatic rings. The summed E-state index contributed by atoms with van der Waals surface area (Å²) >= 11 is 1.70. The van der Waals surface area contributed by atoms with Crippen LogP contribution in [0, 0.1) is 11.8 Å². The number of aliphatic hydroxyl groups excluding tert-OH is 2.